The Hall–Kier alpha value is -2.13. The molecule has 0 heterocycles. The lowest BCUT2D eigenvalue weighted by molar-refractivity contribution is 0.100. The van der Waals surface area contributed by atoms with Crippen molar-refractivity contribution in [2.24, 2.45) is 11.1 Å². The number of hydrogen-bond acceptors (Lipinski definition) is 2. The molecule has 1 saturated carbocycles. The molecule has 26 heavy (non-hydrogen) atoms. The van der Waals surface area contributed by atoms with E-state index < -0.39 is 0 Å². The van der Waals surface area contributed by atoms with E-state index in [0.29, 0.717) is 17.0 Å². The van der Waals surface area contributed by atoms with Crippen LogP contribution in [-0.4, -0.2) is 11.9 Å². The molecule has 1 aliphatic rings. The van der Waals surface area contributed by atoms with Gasteiger partial charge < -0.3 is 11.1 Å². The summed E-state index contributed by atoms with van der Waals surface area (Å²) in [6.45, 7) is 7.78. The summed E-state index contributed by atoms with van der Waals surface area (Å²) >= 11 is 0. The zero-order chi connectivity index (χ0) is 18.7. The second-order valence-corrected chi connectivity index (χ2v) is 8.41. The van der Waals surface area contributed by atoms with Gasteiger partial charge in [-0.15, -0.1) is 0 Å². The van der Waals surface area contributed by atoms with E-state index in [1.807, 2.05) is 18.2 Å². The van der Waals surface area contributed by atoms with Crippen molar-refractivity contribution in [1.82, 2.24) is 5.32 Å². The van der Waals surface area contributed by atoms with Crippen molar-refractivity contribution in [3.05, 3.63) is 59.2 Å². The number of aryl methyl sites for hydroxylation is 1. The first-order valence-electron chi connectivity index (χ1n) is 9.57. The lowest BCUT2D eigenvalue weighted by Crippen LogP contribution is -2.35. The minimum atomic E-state index is -0.388. The molecule has 0 unspecified atom stereocenters. The van der Waals surface area contributed by atoms with Gasteiger partial charge in [0.2, 0.25) is 5.91 Å². The molecule has 1 amide bonds. The van der Waals surface area contributed by atoms with E-state index in [0.717, 1.165) is 17.7 Å². The van der Waals surface area contributed by atoms with Crippen molar-refractivity contribution in [3.8, 4) is 11.1 Å². The van der Waals surface area contributed by atoms with Crippen molar-refractivity contribution >= 4 is 5.91 Å². The Bertz CT molecular complexity index is 785. The number of carbonyl (C=O) groups excluding carboxylic acids is 1. The highest BCUT2D eigenvalue weighted by molar-refractivity contribution is 5.94. The Balaban J connectivity index is 1.66. The molecule has 0 atom stereocenters. The van der Waals surface area contributed by atoms with Crippen LogP contribution in [0.25, 0.3) is 11.1 Å². The van der Waals surface area contributed by atoms with E-state index in [9.17, 15) is 4.79 Å². The van der Waals surface area contributed by atoms with Crippen LogP contribution in [0.2, 0.25) is 0 Å². The van der Waals surface area contributed by atoms with Gasteiger partial charge in [0.15, 0.2) is 0 Å². The van der Waals surface area contributed by atoms with Gasteiger partial charge in [-0.1, -0.05) is 44.2 Å². The summed E-state index contributed by atoms with van der Waals surface area (Å²) in [4.78, 5) is 11.4. The summed E-state index contributed by atoms with van der Waals surface area (Å²) in [5.41, 5.74) is 11.2. The summed E-state index contributed by atoms with van der Waals surface area (Å²) in [5.74, 6) is -0.388. The number of primary amides is 1. The molecule has 3 N–H and O–H groups in total. The highest BCUT2D eigenvalue weighted by Gasteiger charge is 2.26. The molecule has 0 radical (unpaired) electrons. The second kappa shape index (κ2) is 7.63. The van der Waals surface area contributed by atoms with Gasteiger partial charge in [0.05, 0.1) is 0 Å². The predicted octanol–water partition coefficient (Wildman–Crippen LogP) is 4.82. The molecule has 3 nitrogen and oxygen atoms in total. The minimum absolute atomic E-state index is 0.388. The number of amides is 1. The molecule has 0 aliphatic heterocycles. The Morgan fingerprint density at radius 2 is 1.88 bits per heavy atom. The molecule has 0 saturated heterocycles. The second-order valence-electron chi connectivity index (χ2n) is 8.41. The topological polar surface area (TPSA) is 55.1 Å². The fourth-order valence-electron chi connectivity index (χ4n) is 3.87. The van der Waals surface area contributed by atoms with Crippen molar-refractivity contribution in [1.29, 1.82) is 0 Å². The molecular formula is C23H30N2O. The smallest absolute Gasteiger partial charge is 0.248 e. The lowest BCUT2D eigenvalue weighted by Gasteiger charge is -2.34. The average molecular weight is 351 g/mol. The number of nitrogens with two attached hydrogens (primary N) is 1. The van der Waals surface area contributed by atoms with Gasteiger partial charge >= 0.3 is 0 Å². The Kier molecular flexibility index (Phi) is 5.47. The Morgan fingerprint density at radius 3 is 2.54 bits per heavy atom. The van der Waals surface area contributed by atoms with Crippen LogP contribution in [0.15, 0.2) is 42.5 Å². The first kappa shape index (κ1) is 18.7. The van der Waals surface area contributed by atoms with Crippen LogP contribution in [0.5, 0.6) is 0 Å². The maximum Gasteiger partial charge on any atom is 0.248 e. The third-order valence-electron chi connectivity index (χ3n) is 5.68. The molecule has 2 aromatic rings. The number of hydrogen-bond donors (Lipinski definition) is 2. The molecular weight excluding hydrogens is 320 g/mol. The molecule has 0 aromatic heterocycles. The summed E-state index contributed by atoms with van der Waals surface area (Å²) in [6.07, 6.45) is 5.14. The van der Waals surface area contributed by atoms with Crippen LogP contribution in [0.3, 0.4) is 0 Å². The fourth-order valence-corrected chi connectivity index (χ4v) is 3.87. The number of carbonyl (C=O) groups is 1. The first-order valence-corrected chi connectivity index (χ1v) is 9.57. The van der Waals surface area contributed by atoms with Gasteiger partial charge in [-0.3, -0.25) is 4.79 Å². The van der Waals surface area contributed by atoms with Crippen molar-refractivity contribution in [2.45, 2.75) is 59.0 Å². The fraction of sp³-hybridized carbons (Fsp3) is 0.435. The molecule has 0 spiro atoms. The zero-order valence-corrected chi connectivity index (χ0v) is 16.1. The van der Waals surface area contributed by atoms with E-state index >= 15 is 0 Å². The van der Waals surface area contributed by atoms with E-state index in [1.54, 1.807) is 6.07 Å². The van der Waals surface area contributed by atoms with Crippen molar-refractivity contribution < 1.29 is 4.79 Å². The molecule has 3 rings (SSSR count). The molecule has 3 heteroatoms. The van der Waals surface area contributed by atoms with E-state index in [4.69, 9.17) is 5.73 Å². The Morgan fingerprint density at radius 1 is 1.15 bits per heavy atom. The zero-order valence-electron chi connectivity index (χ0n) is 16.1. The quantitative estimate of drug-likeness (QED) is 0.812. The van der Waals surface area contributed by atoms with Crippen molar-refractivity contribution in [3.63, 3.8) is 0 Å². The van der Waals surface area contributed by atoms with Gasteiger partial charge in [0.1, 0.15) is 0 Å². The summed E-state index contributed by atoms with van der Waals surface area (Å²) in [5, 5.41) is 3.72. The third kappa shape index (κ3) is 4.53. The highest BCUT2D eigenvalue weighted by atomic mass is 16.1. The maximum absolute atomic E-state index is 11.4. The van der Waals surface area contributed by atoms with Crippen LogP contribution in [0.1, 0.15) is 61.0 Å². The third-order valence-corrected chi connectivity index (χ3v) is 5.68. The monoisotopic (exact) mass is 350 g/mol. The van der Waals surface area contributed by atoms with Gasteiger partial charge in [0, 0.05) is 18.2 Å². The van der Waals surface area contributed by atoms with Crippen LogP contribution < -0.4 is 11.1 Å². The predicted molar refractivity (Wildman–Crippen MR) is 108 cm³/mol. The molecule has 1 fully saturated rings. The van der Waals surface area contributed by atoms with Crippen LogP contribution in [0.4, 0.5) is 0 Å². The van der Waals surface area contributed by atoms with E-state index in [2.05, 4.69) is 44.3 Å². The standard InChI is InChI=1S/C23H30N2O/c1-16-13-17(15-25-20-9-11-23(2,3)12-10-20)7-8-21(16)18-5-4-6-19(14-18)22(24)26/h4-8,13-14,20,25H,9-12,15H2,1-3H3,(H2,24,26). The first-order chi connectivity index (χ1) is 12.3. The molecule has 1 aliphatic carbocycles. The van der Waals surface area contributed by atoms with Gasteiger partial charge in [-0.2, -0.15) is 0 Å². The number of nitrogens with one attached hydrogen (secondary N) is 1. The largest absolute Gasteiger partial charge is 0.366 e. The maximum atomic E-state index is 11.4. The number of benzene rings is 2. The van der Waals surface area contributed by atoms with E-state index in [-0.39, 0.29) is 5.91 Å². The van der Waals surface area contributed by atoms with E-state index in [1.165, 1.54) is 36.8 Å². The Labute approximate surface area is 157 Å². The molecule has 2 aromatic carbocycles. The van der Waals surface area contributed by atoms with Gasteiger partial charge in [0.25, 0.3) is 0 Å². The summed E-state index contributed by atoms with van der Waals surface area (Å²) < 4.78 is 0. The summed E-state index contributed by atoms with van der Waals surface area (Å²) in [7, 11) is 0. The van der Waals surface area contributed by atoms with Crippen LogP contribution in [0, 0.1) is 12.3 Å². The SMILES string of the molecule is Cc1cc(CNC2CCC(C)(C)CC2)ccc1-c1cccc(C(N)=O)c1. The lowest BCUT2D eigenvalue weighted by atomic mass is 9.75. The molecule has 0 bridgehead atoms. The van der Waals surface area contributed by atoms with Crippen LogP contribution in [-0.2, 0) is 6.54 Å². The molecule has 138 valence electrons. The normalized spacial score (nSPS) is 17.2. The van der Waals surface area contributed by atoms with Gasteiger partial charge in [-0.25, -0.2) is 0 Å². The van der Waals surface area contributed by atoms with Crippen molar-refractivity contribution in [2.75, 3.05) is 0 Å². The van der Waals surface area contributed by atoms with Gasteiger partial charge in [-0.05, 0) is 72.4 Å². The van der Waals surface area contributed by atoms with Crippen LogP contribution >= 0.6 is 0 Å². The highest BCUT2D eigenvalue weighted by Crippen LogP contribution is 2.35. The minimum Gasteiger partial charge on any atom is -0.366 e. The number of rotatable bonds is 5. The average Bonchev–Trinajstić information content (AvgIpc) is 2.61. The summed E-state index contributed by atoms with van der Waals surface area (Å²) in [6, 6.07) is 14.7.